The van der Waals surface area contributed by atoms with Crippen molar-refractivity contribution >= 4 is 11.3 Å². The molecule has 7 N–H and O–H groups in total. The second kappa shape index (κ2) is 10.7. The third-order valence-corrected chi connectivity index (χ3v) is 5.87. The number of nitrogens with one attached hydrogen (secondary N) is 3. The van der Waals surface area contributed by atoms with Crippen molar-refractivity contribution in [1.29, 1.82) is 0 Å². The van der Waals surface area contributed by atoms with Gasteiger partial charge >= 0.3 is 6.18 Å². The van der Waals surface area contributed by atoms with Gasteiger partial charge in [0.1, 0.15) is 11.6 Å². The molecule has 0 aromatic heterocycles. The number of nitrogens with two attached hydrogens (primary N) is 2. The Labute approximate surface area is 198 Å². The van der Waals surface area contributed by atoms with E-state index in [1.165, 1.54) is 23.8 Å². The van der Waals surface area contributed by atoms with E-state index in [-0.39, 0.29) is 22.8 Å². The van der Waals surface area contributed by atoms with Gasteiger partial charge in [0.2, 0.25) is 0 Å². The Hall–Kier alpha value is -3.39. The van der Waals surface area contributed by atoms with Crippen molar-refractivity contribution in [3.8, 4) is 0 Å². The average Bonchev–Trinajstić information content (AvgIpc) is 2.79. The van der Waals surface area contributed by atoms with Crippen molar-refractivity contribution < 1.29 is 13.2 Å². The van der Waals surface area contributed by atoms with Crippen LogP contribution < -0.4 is 27.4 Å². The summed E-state index contributed by atoms with van der Waals surface area (Å²) in [5, 5.41) is 9.19. The minimum Gasteiger partial charge on any atom is -0.385 e. The predicted molar refractivity (Wildman–Crippen MR) is 132 cm³/mol. The summed E-state index contributed by atoms with van der Waals surface area (Å²) in [7, 11) is 1.78. The lowest BCUT2D eigenvalue weighted by molar-refractivity contribution is -0.137. The molecule has 0 aliphatic heterocycles. The fourth-order valence-corrected chi connectivity index (χ4v) is 4.25. The van der Waals surface area contributed by atoms with E-state index in [4.69, 9.17) is 11.5 Å². The molecule has 2 aromatic carbocycles. The van der Waals surface area contributed by atoms with E-state index in [1.54, 1.807) is 13.1 Å². The van der Waals surface area contributed by atoms with Gasteiger partial charge in [-0.2, -0.15) is 13.2 Å². The fourth-order valence-electron chi connectivity index (χ4n) is 4.25. The van der Waals surface area contributed by atoms with Crippen LogP contribution in [0.4, 0.5) is 13.2 Å². The molecule has 5 nitrogen and oxygen atoms in total. The number of likely N-dealkylation sites (N-methyl/N-ethyl adjacent to an activating group) is 1. The first kappa shape index (κ1) is 25.2. The van der Waals surface area contributed by atoms with Crippen LogP contribution in [0.3, 0.4) is 0 Å². The zero-order valence-corrected chi connectivity index (χ0v) is 19.7. The van der Waals surface area contributed by atoms with Gasteiger partial charge in [0.25, 0.3) is 0 Å². The lowest BCUT2D eigenvalue weighted by atomic mass is 9.83. The number of alkyl halides is 3. The molecule has 3 rings (SSSR count). The SMILES string of the molecule is CNCCNC(N)=C(C=C(N)NC1=C(C)CC(C)c2ccccc21)c1ccccc1C(F)(F)F. The van der Waals surface area contributed by atoms with Crippen molar-refractivity contribution in [2.75, 3.05) is 20.1 Å². The quantitative estimate of drug-likeness (QED) is 0.290. The van der Waals surface area contributed by atoms with Crippen molar-refractivity contribution in [2.24, 2.45) is 11.5 Å². The van der Waals surface area contributed by atoms with Crippen molar-refractivity contribution in [3.05, 3.63) is 94.1 Å². The van der Waals surface area contributed by atoms with E-state index in [0.29, 0.717) is 19.0 Å². The number of benzene rings is 2. The summed E-state index contributed by atoms with van der Waals surface area (Å²) < 4.78 is 41.3. The van der Waals surface area contributed by atoms with E-state index in [9.17, 15) is 13.2 Å². The Morgan fingerprint density at radius 2 is 1.74 bits per heavy atom. The summed E-state index contributed by atoms with van der Waals surface area (Å²) in [5.74, 6) is 0.678. The molecule has 0 heterocycles. The van der Waals surface area contributed by atoms with Gasteiger partial charge in [0, 0.05) is 29.9 Å². The zero-order chi connectivity index (χ0) is 24.9. The summed E-state index contributed by atoms with van der Waals surface area (Å²) in [6.07, 6.45) is -2.21. The monoisotopic (exact) mass is 471 g/mol. The van der Waals surface area contributed by atoms with Gasteiger partial charge in [0.05, 0.1) is 5.56 Å². The highest BCUT2D eigenvalue weighted by Crippen LogP contribution is 2.38. The lowest BCUT2D eigenvalue weighted by Gasteiger charge is -2.27. The number of rotatable bonds is 8. The minimum absolute atomic E-state index is 0.0439. The zero-order valence-electron chi connectivity index (χ0n) is 19.7. The fraction of sp³-hybridized carbons (Fsp3) is 0.308. The van der Waals surface area contributed by atoms with E-state index in [1.807, 2.05) is 25.1 Å². The highest BCUT2D eigenvalue weighted by Gasteiger charge is 2.34. The molecule has 0 saturated carbocycles. The molecule has 0 radical (unpaired) electrons. The highest BCUT2D eigenvalue weighted by atomic mass is 19.4. The first-order valence-corrected chi connectivity index (χ1v) is 11.2. The Morgan fingerprint density at radius 1 is 1.06 bits per heavy atom. The second-order valence-electron chi connectivity index (χ2n) is 8.47. The molecule has 1 atom stereocenters. The van der Waals surface area contributed by atoms with E-state index >= 15 is 0 Å². The molecule has 0 saturated heterocycles. The molecule has 182 valence electrons. The van der Waals surface area contributed by atoms with Gasteiger partial charge in [-0.3, -0.25) is 0 Å². The largest absolute Gasteiger partial charge is 0.417 e. The van der Waals surface area contributed by atoms with Gasteiger partial charge in [-0.25, -0.2) is 0 Å². The highest BCUT2D eigenvalue weighted by molar-refractivity contribution is 5.80. The van der Waals surface area contributed by atoms with Crippen LogP contribution in [0.1, 0.15) is 48.4 Å². The maximum atomic E-state index is 13.8. The Morgan fingerprint density at radius 3 is 2.44 bits per heavy atom. The molecule has 0 spiro atoms. The number of hydrogen-bond acceptors (Lipinski definition) is 5. The van der Waals surface area contributed by atoms with Gasteiger partial charge in [-0.1, -0.05) is 49.4 Å². The first-order valence-electron chi connectivity index (χ1n) is 11.2. The standard InChI is InChI=1S/C26H32F3N5/c1-16-14-17(2)24(20-10-5-4-8-18(16)20)34-23(30)15-21(25(31)33-13-12-32-3)19-9-6-7-11-22(19)26(27,28)29/h4-11,15-16,32-34H,12-14,30-31H2,1-3H3. The van der Waals surface area contributed by atoms with Crippen LogP contribution in [0.25, 0.3) is 11.3 Å². The third-order valence-electron chi connectivity index (χ3n) is 5.87. The Bertz CT molecular complexity index is 1120. The summed E-state index contributed by atoms with van der Waals surface area (Å²) >= 11 is 0. The average molecular weight is 472 g/mol. The molecule has 0 amide bonds. The summed E-state index contributed by atoms with van der Waals surface area (Å²) in [4.78, 5) is 0. The van der Waals surface area contributed by atoms with E-state index < -0.39 is 11.7 Å². The Balaban J connectivity index is 2.04. The topological polar surface area (TPSA) is 88.1 Å². The van der Waals surface area contributed by atoms with Gasteiger partial charge in [0.15, 0.2) is 0 Å². The van der Waals surface area contributed by atoms with Crippen LogP contribution in [0, 0.1) is 0 Å². The van der Waals surface area contributed by atoms with Crippen molar-refractivity contribution in [1.82, 2.24) is 16.0 Å². The van der Waals surface area contributed by atoms with Gasteiger partial charge in [-0.05, 0) is 55.2 Å². The van der Waals surface area contributed by atoms with Crippen LogP contribution in [-0.2, 0) is 6.18 Å². The molecule has 1 aliphatic rings. The van der Waals surface area contributed by atoms with Gasteiger partial charge in [-0.15, -0.1) is 0 Å². The van der Waals surface area contributed by atoms with E-state index in [2.05, 4.69) is 28.9 Å². The second-order valence-corrected chi connectivity index (χ2v) is 8.47. The molecular weight excluding hydrogens is 439 g/mol. The molecule has 0 fully saturated rings. The maximum Gasteiger partial charge on any atom is 0.417 e. The summed E-state index contributed by atoms with van der Waals surface area (Å²) in [5.41, 5.74) is 16.2. The van der Waals surface area contributed by atoms with Gasteiger partial charge < -0.3 is 27.4 Å². The minimum atomic E-state index is -4.54. The lowest BCUT2D eigenvalue weighted by Crippen LogP contribution is -2.29. The maximum absolute atomic E-state index is 13.8. The van der Waals surface area contributed by atoms with Crippen LogP contribution >= 0.6 is 0 Å². The summed E-state index contributed by atoms with van der Waals surface area (Å²) in [6, 6.07) is 13.4. The predicted octanol–water partition coefficient (Wildman–Crippen LogP) is 4.47. The van der Waals surface area contributed by atoms with Crippen LogP contribution in [0.15, 0.2) is 71.8 Å². The third kappa shape index (κ3) is 5.75. The van der Waals surface area contributed by atoms with Crippen LogP contribution in [-0.4, -0.2) is 20.1 Å². The van der Waals surface area contributed by atoms with Crippen molar-refractivity contribution in [3.63, 3.8) is 0 Å². The van der Waals surface area contributed by atoms with Crippen LogP contribution in [0.2, 0.25) is 0 Å². The normalized spacial score (nSPS) is 17.2. The molecule has 1 unspecified atom stereocenters. The molecule has 1 aliphatic carbocycles. The number of allylic oxidation sites excluding steroid dienone is 3. The molecule has 34 heavy (non-hydrogen) atoms. The first-order chi connectivity index (χ1) is 16.1. The Kier molecular flexibility index (Phi) is 7.94. The molecule has 8 heteroatoms. The molecular formula is C26H32F3N5. The van der Waals surface area contributed by atoms with Crippen molar-refractivity contribution in [2.45, 2.75) is 32.4 Å². The number of hydrogen-bond donors (Lipinski definition) is 5. The number of halogens is 3. The summed E-state index contributed by atoms with van der Waals surface area (Å²) in [6.45, 7) is 5.24. The van der Waals surface area contributed by atoms with Crippen LogP contribution in [0.5, 0.6) is 0 Å². The molecule has 0 bridgehead atoms. The molecule has 2 aromatic rings. The smallest absolute Gasteiger partial charge is 0.385 e. The number of fused-ring (bicyclic) bond motifs is 1. The van der Waals surface area contributed by atoms with E-state index in [0.717, 1.165) is 29.3 Å².